The summed E-state index contributed by atoms with van der Waals surface area (Å²) in [6.07, 6.45) is 0. The van der Waals surface area contributed by atoms with Gasteiger partial charge >= 0.3 is 6.03 Å². The number of carbonyl (C=O) groups excluding carboxylic acids is 1. The molecule has 5 heteroatoms. The summed E-state index contributed by atoms with van der Waals surface area (Å²) in [5.74, 6) is -0.328. The Morgan fingerprint density at radius 1 is 1.24 bits per heavy atom. The lowest BCUT2D eigenvalue weighted by Crippen LogP contribution is -2.34. The van der Waals surface area contributed by atoms with Crippen LogP contribution in [0.15, 0.2) is 48.5 Å². The van der Waals surface area contributed by atoms with E-state index >= 15 is 0 Å². The smallest absolute Gasteiger partial charge is 0.326 e. The minimum atomic E-state index is -0.328. The average molecular weight is 287 g/mol. The van der Waals surface area contributed by atoms with Gasteiger partial charge in [0, 0.05) is 24.5 Å². The van der Waals surface area contributed by atoms with Crippen LogP contribution in [0, 0.1) is 5.82 Å². The molecule has 2 aromatic carbocycles. The van der Waals surface area contributed by atoms with E-state index in [2.05, 4.69) is 5.32 Å². The van der Waals surface area contributed by atoms with Gasteiger partial charge in [-0.25, -0.2) is 9.18 Å². The maximum atomic E-state index is 13.0. The third-order valence-corrected chi connectivity index (χ3v) is 3.11. The van der Waals surface area contributed by atoms with Crippen LogP contribution in [0.4, 0.5) is 20.6 Å². The number of halogens is 1. The Hall–Kier alpha value is -2.40. The molecule has 0 bridgehead atoms. The van der Waals surface area contributed by atoms with Crippen LogP contribution in [0.5, 0.6) is 0 Å². The van der Waals surface area contributed by atoms with E-state index in [-0.39, 0.29) is 11.8 Å². The summed E-state index contributed by atoms with van der Waals surface area (Å²) in [7, 11) is 0. The van der Waals surface area contributed by atoms with Crippen molar-refractivity contribution in [3.05, 3.63) is 59.9 Å². The second kappa shape index (κ2) is 6.85. The van der Waals surface area contributed by atoms with Gasteiger partial charge in [-0.3, -0.25) is 4.90 Å². The Morgan fingerprint density at radius 2 is 1.95 bits per heavy atom. The topological polar surface area (TPSA) is 58.4 Å². The first kappa shape index (κ1) is 15.0. The molecule has 2 aromatic rings. The number of rotatable bonds is 4. The Kier molecular flexibility index (Phi) is 4.90. The zero-order valence-corrected chi connectivity index (χ0v) is 11.8. The molecular weight excluding hydrogens is 269 g/mol. The molecule has 0 aliphatic rings. The standard InChI is InChI=1S/C16H18FN3O/c1-2-20(15-8-6-13(17)7-9-15)16(21)19-14-5-3-4-12(10-14)11-18/h3-10H,2,11,18H2,1H3,(H,19,21). The van der Waals surface area contributed by atoms with Gasteiger partial charge in [-0.05, 0) is 48.9 Å². The summed E-state index contributed by atoms with van der Waals surface area (Å²) in [5.41, 5.74) is 7.85. The average Bonchev–Trinajstić information content (AvgIpc) is 2.50. The van der Waals surface area contributed by atoms with Crippen molar-refractivity contribution in [1.29, 1.82) is 0 Å². The number of hydrogen-bond donors (Lipinski definition) is 2. The summed E-state index contributed by atoms with van der Waals surface area (Å²) in [6, 6.07) is 12.9. The van der Waals surface area contributed by atoms with Crippen molar-refractivity contribution < 1.29 is 9.18 Å². The molecular formula is C16H18FN3O. The van der Waals surface area contributed by atoms with Gasteiger partial charge in [-0.2, -0.15) is 0 Å². The van der Waals surface area contributed by atoms with Crippen LogP contribution in [-0.4, -0.2) is 12.6 Å². The Balaban J connectivity index is 2.14. The van der Waals surface area contributed by atoms with Crippen molar-refractivity contribution >= 4 is 17.4 Å². The second-order valence-corrected chi connectivity index (χ2v) is 4.56. The molecule has 0 aliphatic carbocycles. The highest BCUT2D eigenvalue weighted by Gasteiger charge is 2.14. The number of nitrogens with two attached hydrogens (primary N) is 1. The predicted molar refractivity (Wildman–Crippen MR) is 82.8 cm³/mol. The van der Waals surface area contributed by atoms with E-state index in [4.69, 9.17) is 5.73 Å². The molecule has 21 heavy (non-hydrogen) atoms. The maximum Gasteiger partial charge on any atom is 0.326 e. The second-order valence-electron chi connectivity index (χ2n) is 4.56. The molecule has 0 heterocycles. The Morgan fingerprint density at radius 3 is 2.57 bits per heavy atom. The van der Waals surface area contributed by atoms with E-state index in [1.54, 1.807) is 18.2 Å². The van der Waals surface area contributed by atoms with E-state index in [9.17, 15) is 9.18 Å². The number of amides is 2. The van der Waals surface area contributed by atoms with Gasteiger partial charge in [0.25, 0.3) is 0 Å². The minimum Gasteiger partial charge on any atom is -0.326 e. The molecule has 4 nitrogen and oxygen atoms in total. The van der Waals surface area contributed by atoms with Crippen LogP contribution in [0.3, 0.4) is 0 Å². The summed E-state index contributed by atoms with van der Waals surface area (Å²) in [6.45, 7) is 2.76. The van der Waals surface area contributed by atoms with E-state index in [1.807, 2.05) is 25.1 Å². The minimum absolute atomic E-state index is 0.265. The van der Waals surface area contributed by atoms with Gasteiger partial charge in [0.05, 0.1) is 0 Å². The van der Waals surface area contributed by atoms with Gasteiger partial charge in [0.15, 0.2) is 0 Å². The molecule has 0 atom stereocenters. The van der Waals surface area contributed by atoms with Crippen molar-refractivity contribution in [1.82, 2.24) is 0 Å². The van der Waals surface area contributed by atoms with Crippen LogP contribution in [0.2, 0.25) is 0 Å². The third kappa shape index (κ3) is 3.79. The molecule has 0 unspecified atom stereocenters. The highest BCUT2D eigenvalue weighted by atomic mass is 19.1. The fourth-order valence-electron chi connectivity index (χ4n) is 2.03. The van der Waals surface area contributed by atoms with Gasteiger partial charge in [0.1, 0.15) is 5.82 Å². The highest BCUT2D eigenvalue weighted by Crippen LogP contribution is 2.17. The largest absolute Gasteiger partial charge is 0.326 e. The summed E-state index contributed by atoms with van der Waals surface area (Å²) >= 11 is 0. The maximum absolute atomic E-state index is 13.0. The number of urea groups is 1. The predicted octanol–water partition coefficient (Wildman–Crippen LogP) is 3.34. The van der Waals surface area contributed by atoms with Crippen molar-refractivity contribution in [2.24, 2.45) is 5.73 Å². The lowest BCUT2D eigenvalue weighted by Gasteiger charge is -2.21. The zero-order chi connectivity index (χ0) is 15.2. The fourth-order valence-corrected chi connectivity index (χ4v) is 2.03. The molecule has 2 rings (SSSR count). The van der Waals surface area contributed by atoms with Crippen molar-refractivity contribution in [3.63, 3.8) is 0 Å². The molecule has 0 aromatic heterocycles. The third-order valence-electron chi connectivity index (χ3n) is 3.11. The van der Waals surface area contributed by atoms with Crippen LogP contribution in [0.25, 0.3) is 0 Å². The summed E-state index contributed by atoms with van der Waals surface area (Å²) in [5, 5.41) is 2.82. The lowest BCUT2D eigenvalue weighted by molar-refractivity contribution is 0.257. The monoisotopic (exact) mass is 287 g/mol. The SMILES string of the molecule is CCN(C(=O)Nc1cccc(CN)c1)c1ccc(F)cc1. The van der Waals surface area contributed by atoms with Crippen LogP contribution in [-0.2, 0) is 6.54 Å². The summed E-state index contributed by atoms with van der Waals surface area (Å²) in [4.78, 5) is 13.9. The van der Waals surface area contributed by atoms with E-state index < -0.39 is 0 Å². The number of benzene rings is 2. The molecule has 0 saturated heterocycles. The van der Waals surface area contributed by atoms with Crippen molar-refractivity contribution in [2.75, 3.05) is 16.8 Å². The van der Waals surface area contributed by atoms with E-state index in [0.29, 0.717) is 24.5 Å². The molecule has 0 saturated carbocycles. The van der Waals surface area contributed by atoms with Crippen molar-refractivity contribution in [2.45, 2.75) is 13.5 Å². The zero-order valence-electron chi connectivity index (χ0n) is 11.8. The molecule has 3 N–H and O–H groups in total. The molecule has 0 fully saturated rings. The highest BCUT2D eigenvalue weighted by molar-refractivity contribution is 6.01. The molecule has 0 spiro atoms. The number of hydrogen-bond acceptors (Lipinski definition) is 2. The van der Waals surface area contributed by atoms with Gasteiger partial charge in [-0.15, -0.1) is 0 Å². The van der Waals surface area contributed by atoms with Gasteiger partial charge < -0.3 is 11.1 Å². The first-order chi connectivity index (χ1) is 10.1. The van der Waals surface area contributed by atoms with Crippen LogP contribution < -0.4 is 16.0 Å². The van der Waals surface area contributed by atoms with Gasteiger partial charge in [-0.1, -0.05) is 12.1 Å². The number of nitrogens with one attached hydrogen (secondary N) is 1. The van der Waals surface area contributed by atoms with E-state index in [1.165, 1.54) is 17.0 Å². The first-order valence-corrected chi connectivity index (χ1v) is 6.77. The van der Waals surface area contributed by atoms with Crippen molar-refractivity contribution in [3.8, 4) is 0 Å². The molecule has 110 valence electrons. The molecule has 2 amide bonds. The number of carbonyl (C=O) groups is 1. The Labute approximate surface area is 123 Å². The van der Waals surface area contributed by atoms with Crippen LogP contribution in [0.1, 0.15) is 12.5 Å². The van der Waals surface area contributed by atoms with Gasteiger partial charge in [0.2, 0.25) is 0 Å². The normalized spacial score (nSPS) is 10.2. The fraction of sp³-hybridized carbons (Fsp3) is 0.188. The number of anilines is 2. The molecule has 0 aliphatic heterocycles. The number of nitrogens with zero attached hydrogens (tertiary/aromatic N) is 1. The lowest BCUT2D eigenvalue weighted by atomic mass is 10.2. The summed E-state index contributed by atoms with van der Waals surface area (Å²) < 4.78 is 13.0. The first-order valence-electron chi connectivity index (χ1n) is 6.77. The Bertz CT molecular complexity index is 613. The van der Waals surface area contributed by atoms with Crippen LogP contribution >= 0.6 is 0 Å². The molecule has 0 radical (unpaired) electrons. The van der Waals surface area contributed by atoms with E-state index in [0.717, 1.165) is 5.56 Å². The quantitative estimate of drug-likeness (QED) is 0.906.